The zero-order chi connectivity index (χ0) is 17.4. The minimum Gasteiger partial charge on any atom is -0.443 e. The van der Waals surface area contributed by atoms with Crippen LogP contribution in [0.3, 0.4) is 0 Å². The van der Waals surface area contributed by atoms with E-state index in [0.717, 1.165) is 12.0 Å². The van der Waals surface area contributed by atoms with E-state index < -0.39 is 5.60 Å². The number of amides is 1. The maximum absolute atomic E-state index is 12.6. The largest absolute Gasteiger partial charge is 0.443 e. The molecule has 130 valence electrons. The molecule has 0 bridgehead atoms. The standard InChI is InChI=1S/C21H23NO3/c1-15(17-7-6-16-4-2-3-5-18(16)14-17)22-13-12-21(25-20(22)24)10-8-19(23)9-11-21/h2-7,14-15H,8-13H2,1H3. The van der Waals surface area contributed by atoms with E-state index >= 15 is 0 Å². The Morgan fingerprint density at radius 2 is 1.72 bits per heavy atom. The second-order valence-electron chi connectivity index (χ2n) is 7.32. The molecule has 4 nitrogen and oxygen atoms in total. The van der Waals surface area contributed by atoms with Crippen LogP contribution >= 0.6 is 0 Å². The summed E-state index contributed by atoms with van der Waals surface area (Å²) in [5.41, 5.74) is 0.704. The van der Waals surface area contributed by atoms with Gasteiger partial charge in [-0.25, -0.2) is 4.79 Å². The van der Waals surface area contributed by atoms with Gasteiger partial charge in [-0.15, -0.1) is 0 Å². The molecular weight excluding hydrogens is 314 g/mol. The van der Waals surface area contributed by atoms with Crippen molar-refractivity contribution in [2.24, 2.45) is 0 Å². The zero-order valence-corrected chi connectivity index (χ0v) is 14.5. The van der Waals surface area contributed by atoms with E-state index in [1.807, 2.05) is 24.0 Å². The van der Waals surface area contributed by atoms with Gasteiger partial charge in [-0.05, 0) is 42.2 Å². The van der Waals surface area contributed by atoms with E-state index in [4.69, 9.17) is 4.74 Å². The summed E-state index contributed by atoms with van der Waals surface area (Å²) in [7, 11) is 0. The highest BCUT2D eigenvalue weighted by atomic mass is 16.6. The van der Waals surface area contributed by atoms with Crippen LogP contribution in [-0.4, -0.2) is 28.9 Å². The molecule has 4 heteroatoms. The predicted molar refractivity (Wildman–Crippen MR) is 96.4 cm³/mol. The highest BCUT2D eigenvalue weighted by Gasteiger charge is 2.44. The summed E-state index contributed by atoms with van der Waals surface area (Å²) in [6.45, 7) is 2.73. The van der Waals surface area contributed by atoms with Crippen LogP contribution in [-0.2, 0) is 9.53 Å². The van der Waals surface area contributed by atoms with Gasteiger partial charge in [-0.2, -0.15) is 0 Å². The minimum absolute atomic E-state index is 0.0281. The van der Waals surface area contributed by atoms with Crippen molar-refractivity contribution in [2.45, 2.75) is 50.7 Å². The Morgan fingerprint density at radius 3 is 2.44 bits per heavy atom. The molecule has 1 aliphatic carbocycles. The lowest BCUT2D eigenvalue weighted by Crippen LogP contribution is -2.51. The highest BCUT2D eigenvalue weighted by molar-refractivity contribution is 5.83. The number of ketones is 1. The smallest absolute Gasteiger partial charge is 0.410 e. The quantitative estimate of drug-likeness (QED) is 0.803. The van der Waals surface area contributed by atoms with Gasteiger partial charge >= 0.3 is 6.09 Å². The summed E-state index contributed by atoms with van der Waals surface area (Å²) in [6.07, 6.45) is 2.98. The molecule has 2 aromatic rings. The Kier molecular flexibility index (Phi) is 3.98. The monoisotopic (exact) mass is 337 g/mol. The van der Waals surface area contributed by atoms with E-state index in [1.54, 1.807) is 0 Å². The molecule has 25 heavy (non-hydrogen) atoms. The van der Waals surface area contributed by atoms with Crippen LogP contribution in [0.2, 0.25) is 0 Å². The Balaban J connectivity index is 1.51. The van der Waals surface area contributed by atoms with E-state index in [1.165, 1.54) is 10.8 Å². The maximum Gasteiger partial charge on any atom is 0.410 e. The third-order valence-corrected chi connectivity index (χ3v) is 5.79. The Bertz CT molecular complexity index is 819. The number of Topliss-reactive ketones (excluding diaryl/α,β-unsaturated/α-hetero) is 1. The summed E-state index contributed by atoms with van der Waals surface area (Å²) >= 11 is 0. The molecule has 0 aromatic heterocycles. The number of nitrogens with zero attached hydrogens (tertiary/aromatic N) is 1. The van der Waals surface area contributed by atoms with E-state index in [9.17, 15) is 9.59 Å². The number of ether oxygens (including phenoxy) is 1. The van der Waals surface area contributed by atoms with Gasteiger partial charge in [0.1, 0.15) is 11.4 Å². The van der Waals surface area contributed by atoms with Gasteiger partial charge in [0.2, 0.25) is 0 Å². The first kappa shape index (κ1) is 16.1. The number of benzene rings is 2. The van der Waals surface area contributed by atoms with Crippen LogP contribution in [0.15, 0.2) is 42.5 Å². The summed E-state index contributed by atoms with van der Waals surface area (Å²) in [5, 5.41) is 2.38. The average Bonchev–Trinajstić information content (AvgIpc) is 2.64. The summed E-state index contributed by atoms with van der Waals surface area (Å²) in [6, 6.07) is 14.5. The van der Waals surface area contributed by atoms with Gasteiger partial charge in [0.25, 0.3) is 0 Å². The number of fused-ring (bicyclic) bond motifs is 1. The maximum atomic E-state index is 12.6. The van der Waals surface area contributed by atoms with Crippen LogP contribution < -0.4 is 0 Å². The average molecular weight is 337 g/mol. The Labute approximate surface area is 147 Å². The molecule has 2 aliphatic rings. The fraction of sp³-hybridized carbons (Fsp3) is 0.429. The van der Waals surface area contributed by atoms with Gasteiger partial charge in [-0.1, -0.05) is 36.4 Å². The first-order valence-electron chi connectivity index (χ1n) is 9.06. The van der Waals surface area contributed by atoms with Crippen LogP contribution in [0.4, 0.5) is 4.79 Å². The lowest BCUT2D eigenvalue weighted by molar-refractivity contribution is -0.129. The summed E-state index contributed by atoms with van der Waals surface area (Å²) in [4.78, 5) is 25.9. The van der Waals surface area contributed by atoms with Gasteiger partial charge in [-0.3, -0.25) is 4.79 Å². The molecule has 1 saturated carbocycles. The number of hydrogen-bond donors (Lipinski definition) is 0. The van der Waals surface area contributed by atoms with Crippen molar-refractivity contribution in [2.75, 3.05) is 6.54 Å². The molecule has 1 atom stereocenters. The van der Waals surface area contributed by atoms with Crippen molar-refractivity contribution in [1.82, 2.24) is 4.90 Å². The lowest BCUT2D eigenvalue weighted by Gasteiger charge is -2.44. The van der Waals surface area contributed by atoms with E-state index in [2.05, 4.69) is 30.3 Å². The second kappa shape index (κ2) is 6.17. The van der Waals surface area contributed by atoms with E-state index in [-0.39, 0.29) is 17.9 Å². The molecule has 1 saturated heterocycles. The number of hydrogen-bond acceptors (Lipinski definition) is 3. The van der Waals surface area contributed by atoms with Crippen LogP contribution in [0.1, 0.15) is 50.6 Å². The number of carbonyl (C=O) groups is 2. The molecule has 0 N–H and O–H groups in total. The minimum atomic E-state index is -0.412. The molecule has 2 fully saturated rings. The van der Waals surface area contributed by atoms with Gasteiger partial charge < -0.3 is 9.64 Å². The van der Waals surface area contributed by atoms with E-state index in [0.29, 0.717) is 32.2 Å². The molecule has 1 spiro atoms. The summed E-state index contributed by atoms with van der Waals surface area (Å²) in [5.74, 6) is 0.286. The van der Waals surface area contributed by atoms with Gasteiger partial charge in [0, 0.05) is 25.8 Å². The van der Waals surface area contributed by atoms with Gasteiger partial charge in [0.05, 0.1) is 6.04 Å². The number of rotatable bonds is 2. The molecular formula is C21H23NO3. The van der Waals surface area contributed by atoms with Crippen LogP contribution in [0, 0.1) is 0 Å². The van der Waals surface area contributed by atoms with Crippen molar-refractivity contribution in [3.05, 3.63) is 48.0 Å². The molecule has 1 heterocycles. The normalized spacial score (nSPS) is 21.4. The topological polar surface area (TPSA) is 46.6 Å². The first-order chi connectivity index (χ1) is 12.1. The molecule has 2 aromatic carbocycles. The first-order valence-corrected chi connectivity index (χ1v) is 9.06. The summed E-state index contributed by atoms with van der Waals surface area (Å²) < 4.78 is 5.84. The van der Waals surface area contributed by atoms with Crippen LogP contribution in [0.5, 0.6) is 0 Å². The Hall–Kier alpha value is -2.36. The van der Waals surface area contributed by atoms with Gasteiger partial charge in [0.15, 0.2) is 0 Å². The molecule has 4 rings (SSSR count). The third kappa shape index (κ3) is 3.01. The molecule has 1 unspecified atom stereocenters. The van der Waals surface area contributed by atoms with Crippen molar-refractivity contribution >= 4 is 22.6 Å². The fourth-order valence-electron chi connectivity index (χ4n) is 4.05. The molecule has 0 radical (unpaired) electrons. The van der Waals surface area contributed by atoms with Crippen LogP contribution in [0.25, 0.3) is 10.8 Å². The second-order valence-corrected chi connectivity index (χ2v) is 7.32. The fourth-order valence-corrected chi connectivity index (χ4v) is 4.05. The Morgan fingerprint density at radius 1 is 1.00 bits per heavy atom. The molecule has 1 amide bonds. The predicted octanol–water partition coefficient (Wildman–Crippen LogP) is 4.63. The highest BCUT2D eigenvalue weighted by Crippen LogP contribution is 2.38. The SMILES string of the molecule is CC(c1ccc2ccccc2c1)N1CCC2(CCC(=O)CC2)OC1=O. The van der Waals surface area contributed by atoms with Crippen molar-refractivity contribution < 1.29 is 14.3 Å². The van der Waals surface area contributed by atoms with Crippen molar-refractivity contribution in [1.29, 1.82) is 0 Å². The lowest BCUT2D eigenvalue weighted by atomic mass is 9.80. The third-order valence-electron chi connectivity index (χ3n) is 5.79. The molecule has 1 aliphatic heterocycles. The number of carbonyl (C=O) groups excluding carboxylic acids is 2. The zero-order valence-electron chi connectivity index (χ0n) is 14.5. The van der Waals surface area contributed by atoms with Crippen molar-refractivity contribution in [3.63, 3.8) is 0 Å². The van der Waals surface area contributed by atoms with Crippen molar-refractivity contribution in [3.8, 4) is 0 Å².